The van der Waals surface area contributed by atoms with Crippen LogP contribution in [0.3, 0.4) is 0 Å². The maximum Gasteiger partial charge on any atom is 0.552 e. The molecule has 3 unspecified atom stereocenters. The number of amides is 2. The van der Waals surface area contributed by atoms with Crippen LogP contribution in [0, 0.1) is 5.92 Å². The van der Waals surface area contributed by atoms with Gasteiger partial charge in [-0.2, -0.15) is 0 Å². The Bertz CT molecular complexity index is 1180. The maximum atomic E-state index is 13.3. The lowest BCUT2D eigenvalue weighted by molar-refractivity contribution is -0.161. The maximum absolute atomic E-state index is 13.3. The highest BCUT2D eigenvalue weighted by molar-refractivity contribution is 6.50. The van der Waals surface area contributed by atoms with E-state index in [9.17, 15) is 29.4 Å². The number of carboxylic acids is 1. The normalized spacial score (nSPS) is 19.5. The van der Waals surface area contributed by atoms with Crippen molar-refractivity contribution >= 4 is 30.9 Å². The minimum atomic E-state index is -1.54. The van der Waals surface area contributed by atoms with Crippen LogP contribution < -0.4 is 16.0 Å². The Kier molecular flexibility index (Phi) is 10.2. The molecule has 0 saturated carbocycles. The minimum Gasteiger partial charge on any atom is -0.507 e. The van der Waals surface area contributed by atoms with Crippen LogP contribution in [0.2, 0.25) is 0 Å². The van der Waals surface area contributed by atoms with Crippen LogP contribution in [0.4, 0.5) is 0 Å². The number of aliphatic hydroxyl groups excluding tert-OH is 1. The molecule has 13 heteroatoms. The van der Waals surface area contributed by atoms with E-state index in [-0.39, 0.29) is 18.0 Å². The van der Waals surface area contributed by atoms with Gasteiger partial charge in [0.2, 0.25) is 5.91 Å². The van der Waals surface area contributed by atoms with Gasteiger partial charge < -0.3 is 35.5 Å². The summed E-state index contributed by atoms with van der Waals surface area (Å²) in [6, 6.07) is 11.5. The lowest BCUT2D eigenvalue weighted by Crippen LogP contribution is -2.65. The zero-order valence-electron chi connectivity index (χ0n) is 22.2. The summed E-state index contributed by atoms with van der Waals surface area (Å²) in [5.74, 6) is -4.65. The van der Waals surface area contributed by atoms with Gasteiger partial charge in [0.1, 0.15) is 17.8 Å². The summed E-state index contributed by atoms with van der Waals surface area (Å²) in [4.78, 5) is 54.8. The molecule has 1 aromatic heterocycles. The Morgan fingerprint density at radius 3 is 2.33 bits per heavy atom. The summed E-state index contributed by atoms with van der Waals surface area (Å²) < 4.78 is 10.9. The molecule has 12 nitrogen and oxygen atoms in total. The first kappa shape index (κ1) is 29.7. The fourth-order valence-electron chi connectivity index (χ4n) is 4.18. The molecule has 0 bridgehead atoms. The summed E-state index contributed by atoms with van der Waals surface area (Å²) in [5.41, 5.74) is 1.40. The summed E-state index contributed by atoms with van der Waals surface area (Å²) in [7, 11) is 0.00306. The number of aliphatic carboxylic acids is 1. The Hall–Kier alpha value is -3.81. The molecule has 2 amide bonds. The number of carboxylic acid groups (broad SMARTS) is 1. The largest absolute Gasteiger partial charge is 0.552 e. The van der Waals surface area contributed by atoms with Crippen molar-refractivity contribution in [1.29, 1.82) is 0 Å². The van der Waals surface area contributed by atoms with Gasteiger partial charge in [-0.15, -0.1) is 0 Å². The number of hydrogen-bond acceptors (Lipinski definition) is 9. The van der Waals surface area contributed by atoms with E-state index < -0.39 is 61.1 Å². The molecule has 1 saturated heterocycles. The average molecular weight is 540 g/mol. The van der Waals surface area contributed by atoms with Crippen molar-refractivity contribution in [3.8, 4) is 11.3 Å². The van der Waals surface area contributed by atoms with E-state index in [4.69, 9.17) is 9.31 Å². The number of aliphatic hydroxyl groups is 1. The average Bonchev–Trinajstić information content (AvgIpc) is 2.90. The number of nitrogens with one attached hydrogen (secondary N) is 3. The second-order valence-electron chi connectivity index (χ2n) is 9.68. The first-order valence-electron chi connectivity index (χ1n) is 12.6. The molecule has 3 rings (SSSR count). The van der Waals surface area contributed by atoms with E-state index >= 15 is 0 Å². The highest BCUT2D eigenvalue weighted by Gasteiger charge is 2.49. The summed E-state index contributed by atoms with van der Waals surface area (Å²) in [6.45, 7) is 5.05. The van der Waals surface area contributed by atoms with Crippen molar-refractivity contribution in [2.45, 2.75) is 57.4 Å². The number of likely N-dealkylation sites (N-methyl/N-ethyl adjacent to an activating group) is 1. The third-order valence-corrected chi connectivity index (χ3v) is 6.11. The van der Waals surface area contributed by atoms with Crippen LogP contribution in [-0.2, 0) is 23.7 Å². The number of pyridine rings is 1. The third-order valence-electron chi connectivity index (χ3n) is 6.11. The fraction of sp³-hybridized carbons (Fsp3) is 0.423. The van der Waals surface area contributed by atoms with Gasteiger partial charge >= 0.3 is 19.1 Å². The Balaban J connectivity index is 1.77. The van der Waals surface area contributed by atoms with Gasteiger partial charge in [-0.1, -0.05) is 50.2 Å². The van der Waals surface area contributed by atoms with Crippen molar-refractivity contribution < 1.29 is 38.7 Å². The molecule has 2 aromatic rings. The molecule has 1 aliphatic rings. The highest BCUT2D eigenvalue weighted by atomic mass is 16.6. The molecular weight excluding hydrogens is 507 g/mol. The molecule has 0 radical (unpaired) electrons. The molecule has 1 fully saturated rings. The lowest BCUT2D eigenvalue weighted by atomic mass is 9.72. The minimum absolute atomic E-state index is 0.0209. The van der Waals surface area contributed by atoms with Crippen LogP contribution in [0.5, 0.6) is 0 Å². The van der Waals surface area contributed by atoms with Crippen LogP contribution in [0.15, 0.2) is 48.5 Å². The van der Waals surface area contributed by atoms with Crippen LogP contribution in [-0.4, -0.2) is 83.3 Å². The molecular formula is C26H33BN4O8. The topological polar surface area (TPSA) is 176 Å². The van der Waals surface area contributed by atoms with E-state index in [2.05, 4.69) is 20.9 Å². The number of rotatable bonds is 11. The SMILES string of the molecule is CN[C@@H]1C(=O)OB(C(CC(C)C)NC(=O)C(NC(=O)c2cccc(-c3ccccc3)n2)C(C)O)O[C@H]1C(=O)O. The molecule has 5 N–H and O–H groups in total. The smallest absolute Gasteiger partial charge is 0.507 e. The van der Waals surface area contributed by atoms with E-state index in [1.165, 1.54) is 20.0 Å². The zero-order chi connectivity index (χ0) is 28.7. The van der Waals surface area contributed by atoms with Crippen molar-refractivity contribution in [3.63, 3.8) is 0 Å². The predicted octanol–water partition coefficient (Wildman–Crippen LogP) is 0.401. The number of benzene rings is 1. The van der Waals surface area contributed by atoms with E-state index in [0.717, 1.165) is 5.56 Å². The number of aromatic nitrogens is 1. The zero-order valence-corrected chi connectivity index (χ0v) is 22.2. The van der Waals surface area contributed by atoms with Gasteiger partial charge in [-0.05, 0) is 38.4 Å². The van der Waals surface area contributed by atoms with E-state index in [1.807, 2.05) is 44.2 Å². The third kappa shape index (κ3) is 7.62. The monoisotopic (exact) mass is 540 g/mol. The molecule has 1 aliphatic heterocycles. The van der Waals surface area contributed by atoms with Gasteiger partial charge in [-0.3, -0.25) is 14.4 Å². The number of carbonyl (C=O) groups is 4. The Morgan fingerprint density at radius 1 is 1.05 bits per heavy atom. The van der Waals surface area contributed by atoms with E-state index in [1.54, 1.807) is 12.1 Å². The molecule has 5 atom stereocenters. The molecule has 2 heterocycles. The predicted molar refractivity (Wildman–Crippen MR) is 141 cm³/mol. The van der Waals surface area contributed by atoms with Gasteiger partial charge in [0, 0.05) is 5.56 Å². The summed E-state index contributed by atoms with van der Waals surface area (Å²) in [6.07, 6.45) is -2.59. The molecule has 1 aromatic carbocycles. The van der Waals surface area contributed by atoms with E-state index in [0.29, 0.717) is 5.69 Å². The molecule has 0 aliphatic carbocycles. The van der Waals surface area contributed by atoms with Crippen LogP contribution >= 0.6 is 0 Å². The second kappa shape index (κ2) is 13.3. The van der Waals surface area contributed by atoms with Crippen molar-refractivity contribution in [2.75, 3.05) is 7.05 Å². The van der Waals surface area contributed by atoms with Crippen molar-refractivity contribution in [2.24, 2.45) is 5.92 Å². The lowest BCUT2D eigenvalue weighted by Gasteiger charge is -2.35. The standard InChI is InChI=1S/C26H33BN4O8/c1-14(2)13-19(27-38-22(25(35)36)21(28-4)26(37)39-27)30-24(34)20(15(3)32)31-23(33)18-12-8-11-17(29-18)16-9-6-5-7-10-16/h5-12,14-15,19-22,28,32H,13H2,1-4H3,(H,30,34)(H,31,33)(H,35,36)/t15?,19?,20?,21-,22+/m0/s1. The van der Waals surface area contributed by atoms with Gasteiger partial charge in [0.15, 0.2) is 6.10 Å². The quantitative estimate of drug-likeness (QED) is 0.251. The van der Waals surface area contributed by atoms with Gasteiger partial charge in [-0.25, -0.2) is 9.78 Å². The van der Waals surface area contributed by atoms with Crippen molar-refractivity contribution in [1.82, 2.24) is 20.9 Å². The van der Waals surface area contributed by atoms with Crippen LogP contribution in [0.25, 0.3) is 11.3 Å². The van der Waals surface area contributed by atoms with Gasteiger partial charge in [0.25, 0.3) is 5.91 Å². The number of hydrogen-bond donors (Lipinski definition) is 5. The fourth-order valence-corrected chi connectivity index (χ4v) is 4.18. The second-order valence-corrected chi connectivity index (χ2v) is 9.68. The molecule has 0 spiro atoms. The highest BCUT2D eigenvalue weighted by Crippen LogP contribution is 2.20. The Morgan fingerprint density at radius 2 is 1.74 bits per heavy atom. The first-order chi connectivity index (χ1) is 18.5. The van der Waals surface area contributed by atoms with Gasteiger partial charge in [0.05, 0.1) is 17.7 Å². The molecule has 39 heavy (non-hydrogen) atoms. The number of nitrogens with zero attached hydrogens (tertiary/aromatic N) is 1. The number of carbonyl (C=O) groups excluding carboxylic acids is 3. The van der Waals surface area contributed by atoms with Crippen molar-refractivity contribution in [3.05, 3.63) is 54.2 Å². The summed E-state index contributed by atoms with van der Waals surface area (Å²) >= 11 is 0. The Labute approximate surface area is 226 Å². The molecule has 208 valence electrons. The first-order valence-corrected chi connectivity index (χ1v) is 12.6. The summed E-state index contributed by atoms with van der Waals surface area (Å²) in [5, 5.41) is 27.6. The van der Waals surface area contributed by atoms with Crippen LogP contribution in [0.1, 0.15) is 37.7 Å².